The van der Waals surface area contributed by atoms with Gasteiger partial charge in [-0.25, -0.2) is 5.43 Å². The number of carbonyl (C=O) groups excluding carboxylic acids is 1. The number of nitro benzene ring substituents is 1. The number of nitrogens with zero attached hydrogens (tertiary/aromatic N) is 5. The minimum absolute atomic E-state index is 0.0485. The Hall–Kier alpha value is -3.83. The first-order chi connectivity index (χ1) is 16.5. The van der Waals surface area contributed by atoms with Crippen molar-refractivity contribution in [3.8, 4) is 17.1 Å². The summed E-state index contributed by atoms with van der Waals surface area (Å²) in [7, 11) is 0. The SMILES string of the molecule is O=C(CSc1nnc(-c2ccc(Br)cc2)n1-c1ccccc1)N/N=C\c1cccc([N+](=O)[O-])c1. The largest absolute Gasteiger partial charge is 0.272 e. The fourth-order valence-electron chi connectivity index (χ4n) is 3.02. The maximum absolute atomic E-state index is 12.3. The Labute approximate surface area is 207 Å². The van der Waals surface area contributed by atoms with E-state index in [0.717, 1.165) is 15.7 Å². The van der Waals surface area contributed by atoms with Gasteiger partial charge in [-0.1, -0.05) is 70.2 Å². The average Bonchev–Trinajstić information content (AvgIpc) is 3.28. The number of hydrogen-bond acceptors (Lipinski definition) is 7. The second-order valence-corrected chi connectivity index (χ2v) is 8.78. The molecule has 4 rings (SSSR count). The lowest BCUT2D eigenvalue weighted by molar-refractivity contribution is -0.384. The summed E-state index contributed by atoms with van der Waals surface area (Å²) in [4.78, 5) is 22.7. The molecule has 0 spiro atoms. The molecule has 0 saturated heterocycles. The summed E-state index contributed by atoms with van der Waals surface area (Å²) in [5, 5.41) is 24.0. The zero-order valence-electron chi connectivity index (χ0n) is 17.5. The number of nitrogens with one attached hydrogen (secondary N) is 1. The summed E-state index contributed by atoms with van der Waals surface area (Å²) in [5.41, 5.74) is 4.65. The molecule has 0 aliphatic rings. The quantitative estimate of drug-likeness (QED) is 0.149. The van der Waals surface area contributed by atoms with Crippen LogP contribution >= 0.6 is 27.7 Å². The fourth-order valence-corrected chi connectivity index (χ4v) is 4.03. The number of aromatic nitrogens is 3. The van der Waals surface area contributed by atoms with E-state index in [1.807, 2.05) is 59.2 Å². The van der Waals surface area contributed by atoms with E-state index in [9.17, 15) is 14.9 Å². The van der Waals surface area contributed by atoms with Crippen molar-refractivity contribution < 1.29 is 9.72 Å². The number of para-hydroxylation sites is 1. The third-order valence-electron chi connectivity index (χ3n) is 4.57. The van der Waals surface area contributed by atoms with Crippen LogP contribution in [0.5, 0.6) is 0 Å². The molecule has 0 saturated carbocycles. The third kappa shape index (κ3) is 5.74. The molecular weight excluding hydrogens is 520 g/mol. The van der Waals surface area contributed by atoms with E-state index in [1.54, 1.807) is 12.1 Å². The molecule has 3 aromatic carbocycles. The van der Waals surface area contributed by atoms with E-state index in [1.165, 1.54) is 30.1 Å². The number of amides is 1. The molecule has 0 fully saturated rings. The van der Waals surface area contributed by atoms with Crippen LogP contribution in [0, 0.1) is 10.1 Å². The van der Waals surface area contributed by atoms with Gasteiger partial charge in [0.1, 0.15) is 0 Å². The minimum Gasteiger partial charge on any atom is -0.272 e. The van der Waals surface area contributed by atoms with Crippen LogP contribution in [0.25, 0.3) is 17.1 Å². The van der Waals surface area contributed by atoms with Crippen LogP contribution in [0.4, 0.5) is 5.69 Å². The van der Waals surface area contributed by atoms with Gasteiger partial charge in [0, 0.05) is 33.4 Å². The fraction of sp³-hybridized carbons (Fsp3) is 0.0435. The number of hydrazone groups is 1. The molecular formula is C23H17BrN6O3S. The van der Waals surface area contributed by atoms with Crippen LogP contribution < -0.4 is 5.43 Å². The summed E-state index contributed by atoms with van der Waals surface area (Å²) in [6.07, 6.45) is 1.35. The number of halogens is 1. The van der Waals surface area contributed by atoms with Crippen molar-refractivity contribution in [3.05, 3.63) is 99.0 Å². The van der Waals surface area contributed by atoms with Crippen LogP contribution in [0.2, 0.25) is 0 Å². The molecule has 0 atom stereocenters. The topological polar surface area (TPSA) is 115 Å². The maximum Gasteiger partial charge on any atom is 0.270 e. The Morgan fingerprint density at radius 2 is 1.85 bits per heavy atom. The van der Waals surface area contributed by atoms with Gasteiger partial charge in [0.2, 0.25) is 0 Å². The average molecular weight is 537 g/mol. The standard InChI is InChI=1S/C23H17BrN6O3S/c24-18-11-9-17(10-12-18)22-27-28-23(29(22)19-6-2-1-3-7-19)34-15-21(31)26-25-14-16-5-4-8-20(13-16)30(32)33/h1-14H,15H2,(H,26,31)/b25-14-. The van der Waals surface area contributed by atoms with Gasteiger partial charge in [-0.15, -0.1) is 10.2 Å². The van der Waals surface area contributed by atoms with Crippen LogP contribution in [0.15, 0.2) is 93.6 Å². The predicted molar refractivity (Wildman–Crippen MR) is 134 cm³/mol. The van der Waals surface area contributed by atoms with Crippen molar-refractivity contribution in [3.63, 3.8) is 0 Å². The summed E-state index contributed by atoms with van der Waals surface area (Å²) in [6.45, 7) is 0. The van der Waals surface area contributed by atoms with Gasteiger partial charge in [-0.05, 0) is 24.3 Å². The molecule has 1 aromatic heterocycles. The Morgan fingerprint density at radius 3 is 2.59 bits per heavy atom. The number of non-ortho nitro benzene ring substituents is 1. The molecule has 0 unspecified atom stereocenters. The van der Waals surface area contributed by atoms with Gasteiger partial charge in [-0.2, -0.15) is 5.10 Å². The number of benzene rings is 3. The molecule has 1 heterocycles. The number of thioether (sulfide) groups is 1. The van der Waals surface area contributed by atoms with Crippen molar-refractivity contribution in [2.45, 2.75) is 5.16 Å². The zero-order valence-corrected chi connectivity index (χ0v) is 19.9. The number of nitro groups is 1. The smallest absolute Gasteiger partial charge is 0.270 e. The van der Waals surface area contributed by atoms with Crippen LogP contribution in [-0.2, 0) is 4.79 Å². The van der Waals surface area contributed by atoms with E-state index in [4.69, 9.17) is 0 Å². The first-order valence-electron chi connectivity index (χ1n) is 9.97. The normalized spacial score (nSPS) is 11.0. The van der Waals surface area contributed by atoms with Crippen molar-refractivity contribution in [2.24, 2.45) is 5.10 Å². The third-order valence-corrected chi connectivity index (χ3v) is 6.02. The summed E-state index contributed by atoms with van der Waals surface area (Å²) < 4.78 is 2.85. The van der Waals surface area contributed by atoms with Crippen molar-refractivity contribution >= 4 is 45.5 Å². The van der Waals surface area contributed by atoms with E-state index in [2.05, 4.69) is 36.7 Å². The van der Waals surface area contributed by atoms with Gasteiger partial charge in [0.25, 0.3) is 11.6 Å². The Kier molecular flexibility index (Phi) is 7.45. The minimum atomic E-state index is -0.488. The van der Waals surface area contributed by atoms with E-state index in [-0.39, 0.29) is 17.3 Å². The highest BCUT2D eigenvalue weighted by molar-refractivity contribution is 9.10. The predicted octanol–water partition coefficient (Wildman–Crippen LogP) is 4.85. The lowest BCUT2D eigenvalue weighted by Crippen LogP contribution is -2.20. The highest BCUT2D eigenvalue weighted by Crippen LogP contribution is 2.28. The van der Waals surface area contributed by atoms with Gasteiger partial charge >= 0.3 is 0 Å². The zero-order chi connectivity index (χ0) is 23.9. The second kappa shape index (κ2) is 10.9. The lowest BCUT2D eigenvalue weighted by atomic mass is 10.2. The Bertz CT molecular complexity index is 1340. The Morgan fingerprint density at radius 1 is 1.09 bits per heavy atom. The molecule has 9 nitrogen and oxygen atoms in total. The van der Waals surface area contributed by atoms with Crippen LogP contribution in [0.3, 0.4) is 0 Å². The molecule has 34 heavy (non-hydrogen) atoms. The highest BCUT2D eigenvalue weighted by atomic mass is 79.9. The van der Waals surface area contributed by atoms with Gasteiger partial charge in [-0.3, -0.25) is 19.5 Å². The second-order valence-electron chi connectivity index (χ2n) is 6.92. The van der Waals surface area contributed by atoms with E-state index in [0.29, 0.717) is 16.5 Å². The van der Waals surface area contributed by atoms with Gasteiger partial charge in [0.15, 0.2) is 11.0 Å². The molecule has 0 aliphatic carbocycles. The molecule has 1 amide bonds. The number of carbonyl (C=O) groups is 1. The molecule has 11 heteroatoms. The van der Waals surface area contributed by atoms with Gasteiger partial charge in [0.05, 0.1) is 16.9 Å². The monoisotopic (exact) mass is 536 g/mol. The number of hydrogen-bond donors (Lipinski definition) is 1. The van der Waals surface area contributed by atoms with Crippen LogP contribution in [0.1, 0.15) is 5.56 Å². The van der Waals surface area contributed by atoms with Gasteiger partial charge < -0.3 is 0 Å². The van der Waals surface area contributed by atoms with Crippen molar-refractivity contribution in [2.75, 3.05) is 5.75 Å². The van der Waals surface area contributed by atoms with E-state index >= 15 is 0 Å². The maximum atomic E-state index is 12.3. The Balaban J connectivity index is 1.47. The molecule has 4 aromatic rings. The number of rotatable bonds is 8. The van der Waals surface area contributed by atoms with Crippen molar-refractivity contribution in [1.29, 1.82) is 0 Å². The molecule has 0 aliphatic heterocycles. The molecule has 0 bridgehead atoms. The van der Waals surface area contributed by atoms with Crippen LogP contribution in [-0.4, -0.2) is 37.6 Å². The molecule has 0 radical (unpaired) electrons. The first-order valence-corrected chi connectivity index (χ1v) is 11.7. The summed E-state index contributed by atoms with van der Waals surface area (Å²) in [6, 6.07) is 23.4. The first kappa shape index (κ1) is 23.3. The summed E-state index contributed by atoms with van der Waals surface area (Å²) >= 11 is 4.67. The lowest BCUT2D eigenvalue weighted by Gasteiger charge is -2.10. The summed E-state index contributed by atoms with van der Waals surface area (Å²) in [5.74, 6) is 0.363. The van der Waals surface area contributed by atoms with Crippen molar-refractivity contribution in [1.82, 2.24) is 20.2 Å². The van der Waals surface area contributed by atoms with E-state index < -0.39 is 4.92 Å². The highest BCUT2D eigenvalue weighted by Gasteiger charge is 2.17. The molecule has 1 N–H and O–H groups in total. The molecule has 170 valence electrons.